The molecule has 0 saturated carbocycles. The van der Waals surface area contributed by atoms with E-state index >= 15 is 0 Å². The highest BCUT2D eigenvalue weighted by molar-refractivity contribution is 5.56. The number of aryl methyl sites for hydroxylation is 1. The summed E-state index contributed by atoms with van der Waals surface area (Å²) >= 11 is 0. The summed E-state index contributed by atoms with van der Waals surface area (Å²) in [5.41, 5.74) is 3.40. The molecule has 0 radical (unpaired) electrons. The van der Waals surface area contributed by atoms with Gasteiger partial charge in [-0.1, -0.05) is 30.3 Å². The molecule has 2 aromatic heterocycles. The van der Waals surface area contributed by atoms with Crippen molar-refractivity contribution >= 4 is 5.82 Å². The Labute approximate surface area is 147 Å². The SMILES string of the molecule is Cc1nc(-c2ccc(N(C)CCc3ccccc3)nc2)[nH]c(=O)c1C. The molecule has 3 rings (SSSR count). The lowest BCUT2D eigenvalue weighted by Gasteiger charge is -2.18. The first-order valence-electron chi connectivity index (χ1n) is 8.33. The van der Waals surface area contributed by atoms with Gasteiger partial charge in [0.2, 0.25) is 0 Å². The van der Waals surface area contributed by atoms with Crippen LogP contribution < -0.4 is 10.5 Å². The van der Waals surface area contributed by atoms with Crippen LogP contribution in [0.1, 0.15) is 16.8 Å². The van der Waals surface area contributed by atoms with Crippen molar-refractivity contribution in [3.8, 4) is 11.4 Å². The Morgan fingerprint density at radius 2 is 1.84 bits per heavy atom. The van der Waals surface area contributed by atoms with E-state index in [9.17, 15) is 4.79 Å². The molecule has 0 atom stereocenters. The van der Waals surface area contributed by atoms with E-state index in [-0.39, 0.29) is 5.56 Å². The number of benzene rings is 1. The van der Waals surface area contributed by atoms with Crippen LogP contribution in [-0.4, -0.2) is 28.5 Å². The second-order valence-corrected chi connectivity index (χ2v) is 6.19. The van der Waals surface area contributed by atoms with Crippen LogP contribution in [0.15, 0.2) is 53.5 Å². The van der Waals surface area contributed by atoms with Crippen LogP contribution in [0.2, 0.25) is 0 Å². The standard InChI is InChI=1S/C20H22N4O/c1-14-15(2)22-19(23-20(14)25)17-9-10-18(21-13-17)24(3)12-11-16-7-5-4-6-8-16/h4-10,13H,11-12H2,1-3H3,(H,22,23,25). The van der Waals surface area contributed by atoms with Gasteiger partial charge in [-0.25, -0.2) is 9.97 Å². The summed E-state index contributed by atoms with van der Waals surface area (Å²) < 4.78 is 0. The minimum Gasteiger partial charge on any atom is -0.359 e. The number of nitrogens with zero attached hydrogens (tertiary/aromatic N) is 3. The van der Waals surface area contributed by atoms with E-state index in [4.69, 9.17) is 0 Å². The lowest BCUT2D eigenvalue weighted by atomic mass is 10.1. The fraction of sp³-hybridized carbons (Fsp3) is 0.250. The van der Waals surface area contributed by atoms with Gasteiger partial charge in [0.15, 0.2) is 0 Å². The van der Waals surface area contributed by atoms with Crippen molar-refractivity contribution in [2.75, 3.05) is 18.5 Å². The molecule has 0 aliphatic heterocycles. The fourth-order valence-electron chi connectivity index (χ4n) is 2.59. The summed E-state index contributed by atoms with van der Waals surface area (Å²) in [7, 11) is 2.03. The van der Waals surface area contributed by atoms with Gasteiger partial charge in [-0.2, -0.15) is 0 Å². The first-order chi connectivity index (χ1) is 12.0. The highest BCUT2D eigenvalue weighted by Gasteiger charge is 2.08. The largest absolute Gasteiger partial charge is 0.359 e. The number of H-pyrrole nitrogens is 1. The lowest BCUT2D eigenvalue weighted by molar-refractivity contribution is 0.860. The summed E-state index contributed by atoms with van der Waals surface area (Å²) in [4.78, 5) is 25.8. The van der Waals surface area contributed by atoms with Gasteiger partial charge < -0.3 is 9.88 Å². The molecule has 0 amide bonds. The fourth-order valence-corrected chi connectivity index (χ4v) is 2.59. The molecular formula is C20H22N4O. The molecule has 0 spiro atoms. The van der Waals surface area contributed by atoms with E-state index in [2.05, 4.69) is 44.1 Å². The number of nitrogens with one attached hydrogen (secondary N) is 1. The number of hydrogen-bond acceptors (Lipinski definition) is 4. The van der Waals surface area contributed by atoms with E-state index in [0.717, 1.165) is 30.0 Å². The molecule has 5 heteroatoms. The molecule has 3 aromatic rings. The van der Waals surface area contributed by atoms with Crippen molar-refractivity contribution in [1.82, 2.24) is 15.0 Å². The highest BCUT2D eigenvalue weighted by Crippen LogP contribution is 2.17. The Kier molecular flexibility index (Phi) is 4.93. The van der Waals surface area contributed by atoms with Crippen LogP contribution in [0.25, 0.3) is 11.4 Å². The summed E-state index contributed by atoms with van der Waals surface area (Å²) in [5, 5.41) is 0. The normalized spacial score (nSPS) is 10.7. The number of rotatable bonds is 5. The Morgan fingerprint density at radius 3 is 2.48 bits per heavy atom. The number of likely N-dealkylation sites (N-methyl/N-ethyl adjacent to an activating group) is 1. The van der Waals surface area contributed by atoms with Gasteiger partial charge in [-0.05, 0) is 38.0 Å². The molecule has 1 N–H and O–H groups in total. The number of aromatic nitrogens is 3. The van der Waals surface area contributed by atoms with Gasteiger partial charge in [-0.3, -0.25) is 4.79 Å². The van der Waals surface area contributed by atoms with Crippen molar-refractivity contribution in [3.63, 3.8) is 0 Å². The van der Waals surface area contributed by atoms with Crippen LogP contribution in [0.3, 0.4) is 0 Å². The van der Waals surface area contributed by atoms with Crippen molar-refractivity contribution < 1.29 is 0 Å². The third-order valence-electron chi connectivity index (χ3n) is 4.39. The summed E-state index contributed by atoms with van der Waals surface area (Å²) in [6, 6.07) is 14.3. The molecule has 0 aliphatic rings. The Hall–Kier alpha value is -2.95. The Morgan fingerprint density at radius 1 is 1.08 bits per heavy atom. The molecule has 0 bridgehead atoms. The molecular weight excluding hydrogens is 312 g/mol. The van der Waals surface area contributed by atoms with Crippen LogP contribution >= 0.6 is 0 Å². The van der Waals surface area contributed by atoms with Crippen molar-refractivity contribution in [2.45, 2.75) is 20.3 Å². The van der Waals surface area contributed by atoms with Crippen LogP contribution in [0.4, 0.5) is 5.82 Å². The van der Waals surface area contributed by atoms with E-state index in [1.807, 2.05) is 32.2 Å². The van der Waals surface area contributed by atoms with Crippen molar-refractivity contribution in [1.29, 1.82) is 0 Å². The summed E-state index contributed by atoms with van der Waals surface area (Å²) in [6.07, 6.45) is 2.72. The zero-order chi connectivity index (χ0) is 17.8. The second-order valence-electron chi connectivity index (χ2n) is 6.19. The molecule has 128 valence electrons. The average Bonchev–Trinajstić information content (AvgIpc) is 2.64. The van der Waals surface area contributed by atoms with Gasteiger partial charge in [0.05, 0.1) is 0 Å². The zero-order valence-corrected chi connectivity index (χ0v) is 14.8. The molecule has 2 heterocycles. The summed E-state index contributed by atoms with van der Waals surface area (Å²) in [6.45, 7) is 4.50. The predicted molar refractivity (Wildman–Crippen MR) is 101 cm³/mol. The minimum atomic E-state index is -0.105. The molecule has 0 aliphatic carbocycles. The smallest absolute Gasteiger partial charge is 0.254 e. The van der Waals surface area contributed by atoms with E-state index in [0.29, 0.717) is 11.4 Å². The molecule has 25 heavy (non-hydrogen) atoms. The molecule has 0 fully saturated rings. The van der Waals surface area contributed by atoms with E-state index in [1.54, 1.807) is 13.1 Å². The van der Waals surface area contributed by atoms with Gasteiger partial charge in [0, 0.05) is 36.6 Å². The lowest BCUT2D eigenvalue weighted by Crippen LogP contribution is -2.21. The van der Waals surface area contributed by atoms with Crippen LogP contribution in [0.5, 0.6) is 0 Å². The quantitative estimate of drug-likeness (QED) is 0.779. The topological polar surface area (TPSA) is 61.9 Å². The zero-order valence-electron chi connectivity index (χ0n) is 14.8. The average molecular weight is 334 g/mol. The predicted octanol–water partition coefficient (Wildman–Crippen LogP) is 3.13. The third kappa shape index (κ3) is 3.94. The maximum atomic E-state index is 11.9. The highest BCUT2D eigenvalue weighted by atomic mass is 16.1. The summed E-state index contributed by atoms with van der Waals surface area (Å²) in [5.74, 6) is 1.45. The number of pyridine rings is 1. The molecule has 1 aromatic carbocycles. The molecule has 0 saturated heterocycles. The van der Waals surface area contributed by atoms with Crippen LogP contribution in [0, 0.1) is 13.8 Å². The Bertz CT molecular complexity index is 901. The van der Waals surface area contributed by atoms with Gasteiger partial charge in [0.25, 0.3) is 5.56 Å². The first-order valence-corrected chi connectivity index (χ1v) is 8.33. The number of aromatic amines is 1. The first kappa shape index (κ1) is 16.9. The van der Waals surface area contributed by atoms with Gasteiger partial charge in [0.1, 0.15) is 11.6 Å². The minimum absolute atomic E-state index is 0.105. The number of hydrogen-bond donors (Lipinski definition) is 1. The van der Waals surface area contributed by atoms with Crippen molar-refractivity contribution in [2.24, 2.45) is 0 Å². The maximum Gasteiger partial charge on any atom is 0.254 e. The van der Waals surface area contributed by atoms with Crippen LogP contribution in [-0.2, 0) is 6.42 Å². The third-order valence-corrected chi connectivity index (χ3v) is 4.39. The van der Waals surface area contributed by atoms with E-state index in [1.165, 1.54) is 5.56 Å². The second kappa shape index (κ2) is 7.30. The van der Waals surface area contributed by atoms with Gasteiger partial charge >= 0.3 is 0 Å². The maximum absolute atomic E-state index is 11.9. The van der Waals surface area contributed by atoms with Gasteiger partial charge in [-0.15, -0.1) is 0 Å². The molecule has 0 unspecified atom stereocenters. The monoisotopic (exact) mass is 334 g/mol. The Balaban J connectivity index is 1.72. The number of anilines is 1. The molecule has 5 nitrogen and oxygen atoms in total. The van der Waals surface area contributed by atoms with E-state index < -0.39 is 0 Å². The van der Waals surface area contributed by atoms with Crippen molar-refractivity contribution in [3.05, 3.63) is 75.8 Å².